The van der Waals surface area contributed by atoms with Crippen molar-refractivity contribution in [2.24, 2.45) is 29.4 Å². The second kappa shape index (κ2) is 11.0. The van der Waals surface area contributed by atoms with E-state index in [1.165, 1.54) is 11.0 Å². The molecule has 43 heavy (non-hydrogen) atoms. The fourth-order valence-electron chi connectivity index (χ4n) is 7.70. The van der Waals surface area contributed by atoms with Gasteiger partial charge in [0.25, 0.3) is 0 Å². The van der Waals surface area contributed by atoms with Crippen molar-refractivity contribution in [2.45, 2.75) is 57.1 Å². The number of Topliss-reactive ketones (excluding diaryl/α,β-unsaturated/α-hetero) is 4. The topological polar surface area (TPSA) is 164 Å². The SMILES string of the molecule is CCCC(C)c1ccc(OC)c(-c2ccc(O)c3c2C[C@H]2C[C@H]4[C@H](N(C)C)C(=O)C(C(N)=O)C(=O)[C@@]4(O)C(=O)C2C3=O)c1. The van der Waals surface area contributed by atoms with Crippen LogP contribution in [0.4, 0.5) is 0 Å². The maximum Gasteiger partial charge on any atom is 0.235 e. The van der Waals surface area contributed by atoms with Gasteiger partial charge in [0.05, 0.1) is 24.6 Å². The molecule has 0 aliphatic heterocycles. The Labute approximate surface area is 250 Å². The van der Waals surface area contributed by atoms with Gasteiger partial charge in [-0.15, -0.1) is 0 Å². The molecule has 5 rings (SSSR count). The van der Waals surface area contributed by atoms with Crippen LogP contribution in [0.1, 0.15) is 60.5 Å². The lowest BCUT2D eigenvalue weighted by Gasteiger charge is -2.52. The molecule has 1 amide bonds. The molecular weight excluding hydrogens is 552 g/mol. The zero-order valence-electron chi connectivity index (χ0n) is 25.0. The number of hydrogen-bond donors (Lipinski definition) is 3. The van der Waals surface area contributed by atoms with E-state index in [1.807, 2.05) is 18.2 Å². The minimum atomic E-state index is -2.75. The first-order valence-electron chi connectivity index (χ1n) is 14.7. The number of hydrogen-bond acceptors (Lipinski definition) is 9. The fraction of sp³-hybridized carbons (Fsp3) is 0.485. The summed E-state index contributed by atoms with van der Waals surface area (Å²) in [7, 11) is 4.67. The van der Waals surface area contributed by atoms with Gasteiger partial charge in [0, 0.05) is 11.5 Å². The van der Waals surface area contributed by atoms with Crippen LogP contribution >= 0.6 is 0 Å². The molecule has 0 radical (unpaired) electrons. The molecule has 0 spiro atoms. The summed E-state index contributed by atoms with van der Waals surface area (Å²) in [4.78, 5) is 68.6. The number of nitrogens with zero attached hydrogens (tertiary/aromatic N) is 1. The van der Waals surface area contributed by atoms with Crippen LogP contribution in [-0.4, -0.2) is 77.0 Å². The lowest BCUT2D eigenvalue weighted by atomic mass is 9.52. The van der Waals surface area contributed by atoms with Gasteiger partial charge >= 0.3 is 0 Å². The predicted molar refractivity (Wildman–Crippen MR) is 157 cm³/mol. The number of amides is 1. The minimum absolute atomic E-state index is 0.0102. The van der Waals surface area contributed by atoms with Crippen molar-refractivity contribution in [3.05, 3.63) is 47.0 Å². The number of aromatic hydroxyl groups is 1. The first-order chi connectivity index (χ1) is 20.3. The zero-order chi connectivity index (χ0) is 31.5. The van der Waals surface area contributed by atoms with Gasteiger partial charge in [-0.1, -0.05) is 32.4 Å². The van der Waals surface area contributed by atoms with E-state index in [2.05, 4.69) is 13.8 Å². The van der Waals surface area contributed by atoms with Gasteiger partial charge in [0.1, 0.15) is 11.5 Å². The number of benzene rings is 2. The van der Waals surface area contributed by atoms with Crippen molar-refractivity contribution in [3.63, 3.8) is 0 Å². The van der Waals surface area contributed by atoms with E-state index >= 15 is 0 Å². The van der Waals surface area contributed by atoms with Gasteiger partial charge in [-0.2, -0.15) is 0 Å². The molecule has 3 unspecified atom stereocenters. The molecule has 0 heterocycles. The summed E-state index contributed by atoms with van der Waals surface area (Å²) < 4.78 is 5.69. The monoisotopic (exact) mass is 590 g/mol. The molecule has 4 N–H and O–H groups in total. The fourth-order valence-corrected chi connectivity index (χ4v) is 7.70. The van der Waals surface area contributed by atoms with Gasteiger partial charge in [-0.3, -0.25) is 28.9 Å². The molecule has 3 aliphatic rings. The highest BCUT2D eigenvalue weighted by Crippen LogP contribution is 2.52. The molecule has 2 aromatic carbocycles. The summed E-state index contributed by atoms with van der Waals surface area (Å²) in [6.45, 7) is 4.26. The maximum atomic E-state index is 14.1. The number of carbonyl (C=O) groups excluding carboxylic acids is 5. The first kappa shape index (κ1) is 30.6. The number of carbonyl (C=O) groups is 5. The van der Waals surface area contributed by atoms with E-state index in [1.54, 1.807) is 27.3 Å². The van der Waals surface area contributed by atoms with Gasteiger partial charge in [-0.05, 0) is 80.1 Å². The van der Waals surface area contributed by atoms with Gasteiger partial charge in [0.2, 0.25) is 5.91 Å². The average molecular weight is 591 g/mol. The molecule has 3 aliphatic carbocycles. The van der Waals surface area contributed by atoms with Crippen LogP contribution in [-0.2, 0) is 25.6 Å². The number of phenols is 1. The summed E-state index contributed by atoms with van der Waals surface area (Å²) in [5, 5.41) is 22.7. The van der Waals surface area contributed by atoms with Crippen molar-refractivity contribution < 1.29 is 38.9 Å². The first-order valence-corrected chi connectivity index (χ1v) is 14.7. The van der Waals surface area contributed by atoms with Gasteiger partial charge in [0.15, 0.2) is 34.7 Å². The number of likely N-dealkylation sites (N-methyl/N-ethyl adjacent to an activating group) is 1. The van der Waals surface area contributed by atoms with Crippen molar-refractivity contribution in [2.75, 3.05) is 21.2 Å². The highest BCUT2D eigenvalue weighted by molar-refractivity contribution is 6.32. The van der Waals surface area contributed by atoms with Crippen LogP contribution in [0, 0.1) is 23.7 Å². The second-order valence-corrected chi connectivity index (χ2v) is 12.4. The van der Waals surface area contributed by atoms with E-state index < -0.39 is 64.4 Å². The number of nitrogens with two attached hydrogens (primary N) is 1. The summed E-state index contributed by atoms with van der Waals surface area (Å²) in [5.41, 5.74) is 5.63. The number of ether oxygens (including phenoxy) is 1. The second-order valence-electron chi connectivity index (χ2n) is 12.4. The Morgan fingerprint density at radius 3 is 2.42 bits per heavy atom. The lowest BCUT2D eigenvalue weighted by Crippen LogP contribution is -2.74. The van der Waals surface area contributed by atoms with Crippen LogP contribution in [0.2, 0.25) is 0 Å². The normalized spacial score (nSPS) is 29.1. The maximum absolute atomic E-state index is 14.1. The Balaban J connectivity index is 1.66. The van der Waals surface area contributed by atoms with Crippen molar-refractivity contribution in [3.8, 4) is 22.6 Å². The highest BCUT2D eigenvalue weighted by atomic mass is 16.5. The third-order valence-corrected chi connectivity index (χ3v) is 9.75. The summed E-state index contributed by atoms with van der Waals surface area (Å²) in [5.74, 6) is -9.83. The minimum Gasteiger partial charge on any atom is -0.507 e. The molecule has 2 saturated carbocycles. The molecule has 10 nitrogen and oxygen atoms in total. The van der Waals surface area contributed by atoms with Crippen molar-refractivity contribution in [1.82, 2.24) is 4.90 Å². The number of ketones is 4. The number of aliphatic hydroxyl groups is 1. The van der Waals surface area contributed by atoms with Gasteiger partial charge < -0.3 is 20.7 Å². The summed E-state index contributed by atoms with van der Waals surface area (Å²) in [6.07, 6.45) is 2.15. The van der Waals surface area contributed by atoms with Gasteiger partial charge in [-0.25, -0.2) is 0 Å². The average Bonchev–Trinajstić information content (AvgIpc) is 2.94. The molecule has 2 aromatic rings. The van der Waals surface area contributed by atoms with Crippen molar-refractivity contribution in [1.29, 1.82) is 0 Å². The third kappa shape index (κ3) is 4.50. The molecular formula is C33H38N2O8. The molecule has 7 atom stereocenters. The van der Waals surface area contributed by atoms with Crippen LogP contribution in [0.3, 0.4) is 0 Å². The van der Waals surface area contributed by atoms with E-state index in [4.69, 9.17) is 10.5 Å². The molecule has 0 saturated heterocycles. The summed E-state index contributed by atoms with van der Waals surface area (Å²) >= 11 is 0. The summed E-state index contributed by atoms with van der Waals surface area (Å²) in [6, 6.07) is 7.88. The standard InChI is InChI=1S/C33H38N2O8/c1-6-7-15(2)16-8-11-23(43-5)19(12-16)18-9-10-22(36)25-20(18)13-17-14-21-27(35(3)4)29(38)26(32(34)41)31(40)33(21,42)30(39)24(17)28(25)37/h8-12,15,17,21,24,26-27,36,42H,6-7,13-14H2,1-5H3,(H2,34,41)/t15?,17-,21-,24?,26?,27-,33-/m0/s1. The largest absolute Gasteiger partial charge is 0.507 e. The van der Waals surface area contributed by atoms with Crippen molar-refractivity contribution >= 4 is 29.0 Å². The van der Waals surface area contributed by atoms with E-state index in [0.717, 1.165) is 24.0 Å². The van der Waals surface area contributed by atoms with E-state index in [9.17, 15) is 34.2 Å². The predicted octanol–water partition coefficient (Wildman–Crippen LogP) is 2.45. The van der Waals surface area contributed by atoms with E-state index in [-0.39, 0.29) is 30.1 Å². The number of primary amides is 1. The Bertz CT molecular complexity index is 1550. The number of fused-ring (bicyclic) bond motifs is 3. The molecule has 10 heteroatoms. The quantitative estimate of drug-likeness (QED) is 0.411. The zero-order valence-corrected chi connectivity index (χ0v) is 25.0. The lowest BCUT2D eigenvalue weighted by molar-refractivity contribution is -0.181. The third-order valence-electron chi connectivity index (χ3n) is 9.75. The van der Waals surface area contributed by atoms with Crippen LogP contribution in [0.5, 0.6) is 11.5 Å². The molecule has 228 valence electrons. The Morgan fingerprint density at radius 1 is 1.12 bits per heavy atom. The molecule has 2 fully saturated rings. The number of methoxy groups -OCH3 is 1. The Hall–Kier alpha value is -3.89. The highest BCUT2D eigenvalue weighted by Gasteiger charge is 2.69. The smallest absolute Gasteiger partial charge is 0.235 e. The number of phenolic OH excluding ortho intramolecular Hbond substituents is 1. The molecule has 0 aromatic heterocycles. The van der Waals surface area contributed by atoms with Crippen LogP contribution < -0.4 is 10.5 Å². The Kier molecular flexibility index (Phi) is 7.81. The van der Waals surface area contributed by atoms with Crippen LogP contribution in [0.15, 0.2) is 30.3 Å². The van der Waals surface area contributed by atoms with Crippen LogP contribution in [0.25, 0.3) is 11.1 Å². The Morgan fingerprint density at radius 2 is 1.81 bits per heavy atom. The molecule has 0 bridgehead atoms. The van der Waals surface area contributed by atoms with E-state index in [0.29, 0.717) is 16.9 Å². The number of rotatable bonds is 7.